The number of ether oxygens (including phenoxy) is 1. The van der Waals surface area contributed by atoms with E-state index < -0.39 is 12.1 Å². The maximum atomic E-state index is 13.4. The number of rotatable bonds is 6. The molecule has 9 heteroatoms. The van der Waals surface area contributed by atoms with Crippen LogP contribution >= 0.6 is 15.9 Å². The molecule has 1 saturated heterocycles. The van der Waals surface area contributed by atoms with Gasteiger partial charge in [0.05, 0.1) is 25.7 Å². The zero-order valence-corrected chi connectivity index (χ0v) is 19.3. The van der Waals surface area contributed by atoms with Crippen molar-refractivity contribution in [2.75, 3.05) is 26.9 Å². The topological polar surface area (TPSA) is 90.6 Å². The molecule has 2 unspecified atom stereocenters. The quantitative estimate of drug-likeness (QED) is 0.665. The summed E-state index contributed by atoms with van der Waals surface area (Å²) in [5.74, 6) is 0.513. The van der Waals surface area contributed by atoms with Gasteiger partial charge < -0.3 is 19.9 Å². The SMILES string of the molecule is CCN1CC(c2ncc(-c3ccc(Br)cc3)[nH]2)N(C(=O)C(NC(=O)OC)C(C)C)C1. The molecule has 2 N–H and O–H groups in total. The molecule has 0 aliphatic carbocycles. The number of aromatic nitrogens is 2. The monoisotopic (exact) mass is 477 g/mol. The van der Waals surface area contributed by atoms with Gasteiger partial charge in [0.25, 0.3) is 0 Å². The number of carbonyl (C=O) groups is 2. The minimum absolute atomic E-state index is 0.0807. The molecule has 30 heavy (non-hydrogen) atoms. The van der Waals surface area contributed by atoms with Crippen LogP contribution in [-0.4, -0.2) is 64.7 Å². The van der Waals surface area contributed by atoms with Crippen LogP contribution in [0.4, 0.5) is 4.79 Å². The van der Waals surface area contributed by atoms with Gasteiger partial charge in [-0.15, -0.1) is 0 Å². The number of nitrogens with zero attached hydrogens (tertiary/aromatic N) is 3. The van der Waals surface area contributed by atoms with Crippen LogP contribution in [0.2, 0.25) is 0 Å². The highest BCUT2D eigenvalue weighted by Crippen LogP contribution is 2.29. The number of alkyl carbamates (subject to hydrolysis) is 1. The highest BCUT2D eigenvalue weighted by Gasteiger charge is 2.40. The van der Waals surface area contributed by atoms with Crippen molar-refractivity contribution in [2.24, 2.45) is 5.92 Å². The Balaban J connectivity index is 1.86. The Morgan fingerprint density at radius 2 is 2.03 bits per heavy atom. The molecule has 2 heterocycles. The predicted octanol–water partition coefficient (Wildman–Crippen LogP) is 3.38. The predicted molar refractivity (Wildman–Crippen MR) is 118 cm³/mol. The Hall–Kier alpha value is -2.39. The lowest BCUT2D eigenvalue weighted by Crippen LogP contribution is -2.51. The lowest BCUT2D eigenvalue weighted by atomic mass is 10.0. The molecule has 2 amide bonds. The largest absolute Gasteiger partial charge is 0.453 e. The molecule has 2 aromatic rings. The second kappa shape index (κ2) is 9.61. The van der Waals surface area contributed by atoms with Crippen LogP contribution in [0.1, 0.15) is 32.6 Å². The fraction of sp³-hybridized carbons (Fsp3) is 0.476. The fourth-order valence-electron chi connectivity index (χ4n) is 3.56. The molecule has 0 saturated carbocycles. The molecule has 2 atom stereocenters. The maximum absolute atomic E-state index is 13.4. The van der Waals surface area contributed by atoms with Crippen LogP contribution in [0, 0.1) is 5.92 Å². The van der Waals surface area contributed by atoms with Crippen molar-refractivity contribution in [1.82, 2.24) is 25.1 Å². The van der Waals surface area contributed by atoms with Crippen molar-refractivity contribution < 1.29 is 14.3 Å². The smallest absolute Gasteiger partial charge is 0.407 e. The Morgan fingerprint density at radius 3 is 2.63 bits per heavy atom. The van der Waals surface area contributed by atoms with Gasteiger partial charge in [-0.3, -0.25) is 9.69 Å². The molecule has 162 valence electrons. The van der Waals surface area contributed by atoms with E-state index in [1.54, 1.807) is 11.1 Å². The van der Waals surface area contributed by atoms with E-state index in [4.69, 9.17) is 4.74 Å². The summed E-state index contributed by atoms with van der Waals surface area (Å²) >= 11 is 3.45. The number of nitrogens with one attached hydrogen (secondary N) is 2. The lowest BCUT2D eigenvalue weighted by molar-refractivity contribution is -0.136. The van der Waals surface area contributed by atoms with Crippen molar-refractivity contribution in [3.05, 3.63) is 40.8 Å². The lowest BCUT2D eigenvalue weighted by Gasteiger charge is -2.29. The normalized spacial score (nSPS) is 17.9. The fourth-order valence-corrected chi connectivity index (χ4v) is 3.83. The first-order chi connectivity index (χ1) is 14.3. The number of likely N-dealkylation sites (N-methyl/N-ethyl adjacent to an activating group) is 1. The van der Waals surface area contributed by atoms with E-state index in [0.29, 0.717) is 13.2 Å². The number of H-pyrrole nitrogens is 1. The first kappa shape index (κ1) is 22.3. The molecule has 1 aromatic heterocycles. The van der Waals surface area contributed by atoms with Gasteiger partial charge >= 0.3 is 6.09 Å². The van der Waals surface area contributed by atoms with E-state index in [0.717, 1.165) is 28.1 Å². The summed E-state index contributed by atoms with van der Waals surface area (Å²) < 4.78 is 5.71. The second-order valence-corrected chi connectivity index (χ2v) is 8.60. The van der Waals surface area contributed by atoms with E-state index in [1.807, 2.05) is 38.1 Å². The summed E-state index contributed by atoms with van der Waals surface area (Å²) in [5.41, 5.74) is 1.92. The molecule has 1 fully saturated rings. The van der Waals surface area contributed by atoms with Crippen LogP contribution in [0.5, 0.6) is 0 Å². The summed E-state index contributed by atoms with van der Waals surface area (Å²) in [7, 11) is 1.29. The molecule has 0 radical (unpaired) electrons. The number of benzene rings is 1. The number of aromatic amines is 1. The summed E-state index contributed by atoms with van der Waals surface area (Å²) in [6.07, 6.45) is 1.18. The van der Waals surface area contributed by atoms with E-state index in [9.17, 15) is 9.59 Å². The molecule has 3 rings (SSSR count). The van der Waals surface area contributed by atoms with Crippen LogP contribution in [0.15, 0.2) is 34.9 Å². The molecule has 0 spiro atoms. The Labute approximate surface area is 185 Å². The highest BCUT2D eigenvalue weighted by molar-refractivity contribution is 9.10. The third kappa shape index (κ3) is 4.84. The molecule has 1 aliphatic rings. The van der Waals surface area contributed by atoms with Crippen molar-refractivity contribution >= 4 is 27.9 Å². The van der Waals surface area contributed by atoms with Gasteiger partial charge in [-0.25, -0.2) is 9.78 Å². The van der Waals surface area contributed by atoms with Crippen molar-refractivity contribution in [3.8, 4) is 11.3 Å². The van der Waals surface area contributed by atoms with Crippen LogP contribution in [0.25, 0.3) is 11.3 Å². The van der Waals surface area contributed by atoms with Gasteiger partial charge in [-0.1, -0.05) is 48.8 Å². The summed E-state index contributed by atoms with van der Waals surface area (Å²) in [6, 6.07) is 7.08. The number of amides is 2. The zero-order chi connectivity index (χ0) is 21.8. The van der Waals surface area contributed by atoms with Gasteiger partial charge in [-0.2, -0.15) is 0 Å². The first-order valence-corrected chi connectivity index (χ1v) is 10.8. The standard InChI is InChI=1S/C21H28BrN5O3/c1-5-26-11-17(19-23-10-16(24-19)14-6-8-15(22)9-7-14)27(12-26)20(28)18(13(2)3)25-21(29)30-4/h6-10,13,17-18H,5,11-12H2,1-4H3,(H,23,24)(H,25,29). The minimum atomic E-state index is -0.669. The third-order valence-electron chi connectivity index (χ3n) is 5.35. The third-order valence-corrected chi connectivity index (χ3v) is 5.88. The molecule has 1 aromatic carbocycles. The second-order valence-electron chi connectivity index (χ2n) is 7.68. The molecular formula is C21H28BrN5O3. The average Bonchev–Trinajstić information content (AvgIpc) is 3.38. The molecular weight excluding hydrogens is 450 g/mol. The van der Waals surface area contributed by atoms with Gasteiger partial charge in [0, 0.05) is 11.0 Å². The number of imidazole rings is 1. The summed E-state index contributed by atoms with van der Waals surface area (Å²) in [4.78, 5) is 37.1. The van der Waals surface area contributed by atoms with Gasteiger partial charge in [0.1, 0.15) is 17.9 Å². The number of hydrogen-bond donors (Lipinski definition) is 2. The molecule has 0 bridgehead atoms. The Bertz CT molecular complexity index is 883. The molecule has 8 nitrogen and oxygen atoms in total. The van der Waals surface area contributed by atoms with E-state index in [2.05, 4.69) is 43.0 Å². The number of hydrogen-bond acceptors (Lipinski definition) is 5. The van der Waals surface area contributed by atoms with Crippen LogP contribution in [-0.2, 0) is 9.53 Å². The van der Waals surface area contributed by atoms with Crippen molar-refractivity contribution in [1.29, 1.82) is 0 Å². The maximum Gasteiger partial charge on any atom is 0.407 e. The molecule has 1 aliphatic heterocycles. The minimum Gasteiger partial charge on any atom is -0.453 e. The average molecular weight is 478 g/mol. The number of halogens is 1. The number of methoxy groups -OCH3 is 1. The first-order valence-electron chi connectivity index (χ1n) is 10.0. The van der Waals surface area contributed by atoms with Crippen LogP contribution < -0.4 is 5.32 Å². The van der Waals surface area contributed by atoms with Crippen LogP contribution in [0.3, 0.4) is 0 Å². The van der Waals surface area contributed by atoms with E-state index in [1.165, 1.54) is 7.11 Å². The van der Waals surface area contributed by atoms with E-state index in [-0.39, 0.29) is 17.9 Å². The number of carbonyl (C=O) groups excluding carboxylic acids is 2. The van der Waals surface area contributed by atoms with Crippen molar-refractivity contribution in [2.45, 2.75) is 32.9 Å². The summed E-state index contributed by atoms with van der Waals surface area (Å²) in [6.45, 7) is 7.85. The summed E-state index contributed by atoms with van der Waals surface area (Å²) in [5, 5.41) is 2.68. The van der Waals surface area contributed by atoms with Gasteiger partial charge in [0.2, 0.25) is 5.91 Å². The Morgan fingerprint density at radius 1 is 1.33 bits per heavy atom. The highest BCUT2D eigenvalue weighted by atomic mass is 79.9. The Kier molecular flexibility index (Phi) is 7.14. The van der Waals surface area contributed by atoms with Crippen molar-refractivity contribution in [3.63, 3.8) is 0 Å². The van der Waals surface area contributed by atoms with Gasteiger partial charge in [0.15, 0.2) is 0 Å². The van der Waals surface area contributed by atoms with E-state index >= 15 is 0 Å². The van der Waals surface area contributed by atoms with Gasteiger partial charge in [-0.05, 0) is 30.2 Å². The zero-order valence-electron chi connectivity index (χ0n) is 17.7.